The van der Waals surface area contributed by atoms with Gasteiger partial charge in [-0.25, -0.2) is 4.98 Å². The van der Waals surface area contributed by atoms with E-state index in [0.717, 1.165) is 0 Å². The molecule has 6 nitrogen and oxygen atoms in total. The lowest BCUT2D eigenvalue weighted by Gasteiger charge is -2.29. The van der Waals surface area contributed by atoms with Crippen LogP contribution in [0.5, 0.6) is 0 Å². The molecule has 128 valence electrons. The Kier molecular flexibility index (Phi) is 4.90. The largest absolute Gasteiger partial charge is 0.372 e. The van der Waals surface area contributed by atoms with Crippen molar-refractivity contribution in [3.63, 3.8) is 0 Å². The van der Waals surface area contributed by atoms with E-state index in [2.05, 4.69) is 15.4 Å². The molecule has 0 bridgehead atoms. The summed E-state index contributed by atoms with van der Waals surface area (Å²) >= 11 is 0. The first-order valence-electron chi connectivity index (χ1n) is 8.07. The van der Waals surface area contributed by atoms with Gasteiger partial charge in [0, 0.05) is 6.04 Å². The monoisotopic (exact) mass is 336 g/mol. The molecular weight excluding hydrogens is 316 g/mol. The highest BCUT2D eigenvalue weighted by Crippen LogP contribution is 2.30. The Labute approximate surface area is 146 Å². The molecule has 0 aliphatic carbocycles. The molecule has 2 aromatic carbocycles. The standard InChI is InChI=1S/C19H20N4O2/c1-15(12-23-14-20-13-21-23)22-18(24)19(25,16-8-4-2-5-9-16)17-10-6-3-7-11-17/h2-11,13-15,25H,12H2,1H3,(H,22,24). The molecule has 1 unspecified atom stereocenters. The maximum Gasteiger partial charge on any atom is 0.261 e. The Morgan fingerprint density at radius 1 is 1.12 bits per heavy atom. The minimum Gasteiger partial charge on any atom is -0.372 e. The van der Waals surface area contributed by atoms with Crippen molar-refractivity contribution >= 4 is 5.91 Å². The third kappa shape index (κ3) is 3.59. The van der Waals surface area contributed by atoms with Gasteiger partial charge in [0.25, 0.3) is 5.91 Å². The van der Waals surface area contributed by atoms with Gasteiger partial charge in [-0.3, -0.25) is 9.48 Å². The number of aliphatic hydroxyl groups is 1. The van der Waals surface area contributed by atoms with Crippen LogP contribution < -0.4 is 5.32 Å². The summed E-state index contributed by atoms with van der Waals surface area (Å²) < 4.78 is 1.63. The number of amides is 1. The van der Waals surface area contributed by atoms with Crippen LogP contribution in [0, 0.1) is 0 Å². The second-order valence-electron chi connectivity index (χ2n) is 5.93. The highest BCUT2D eigenvalue weighted by Gasteiger charge is 2.40. The SMILES string of the molecule is CC(Cn1cncn1)NC(=O)C(O)(c1ccccc1)c1ccccc1. The molecule has 3 rings (SSSR count). The fourth-order valence-corrected chi connectivity index (χ4v) is 2.77. The Hall–Kier alpha value is -2.99. The molecule has 0 saturated heterocycles. The van der Waals surface area contributed by atoms with Crippen molar-refractivity contribution in [2.24, 2.45) is 0 Å². The van der Waals surface area contributed by atoms with Crippen molar-refractivity contribution < 1.29 is 9.90 Å². The van der Waals surface area contributed by atoms with E-state index in [4.69, 9.17) is 0 Å². The molecule has 25 heavy (non-hydrogen) atoms. The summed E-state index contributed by atoms with van der Waals surface area (Å²) in [6, 6.07) is 17.6. The smallest absolute Gasteiger partial charge is 0.261 e. The van der Waals surface area contributed by atoms with Crippen LogP contribution in [0.25, 0.3) is 0 Å². The number of hydrogen-bond acceptors (Lipinski definition) is 4. The van der Waals surface area contributed by atoms with Crippen molar-refractivity contribution in [1.29, 1.82) is 0 Å². The van der Waals surface area contributed by atoms with Crippen LogP contribution in [0.1, 0.15) is 18.1 Å². The Bertz CT molecular complexity index is 764. The minimum absolute atomic E-state index is 0.229. The average Bonchev–Trinajstić information content (AvgIpc) is 3.15. The fourth-order valence-electron chi connectivity index (χ4n) is 2.77. The molecule has 6 heteroatoms. The van der Waals surface area contributed by atoms with Gasteiger partial charge in [-0.05, 0) is 18.1 Å². The van der Waals surface area contributed by atoms with E-state index in [1.807, 2.05) is 19.1 Å². The number of carbonyl (C=O) groups excluding carboxylic acids is 1. The summed E-state index contributed by atoms with van der Waals surface area (Å²) in [5, 5.41) is 18.3. The lowest BCUT2D eigenvalue weighted by molar-refractivity contribution is -0.137. The Balaban J connectivity index is 1.88. The number of carbonyl (C=O) groups is 1. The number of nitrogens with zero attached hydrogens (tertiary/aromatic N) is 3. The van der Waals surface area contributed by atoms with Crippen molar-refractivity contribution in [2.45, 2.75) is 25.1 Å². The van der Waals surface area contributed by atoms with Crippen LogP contribution in [0.4, 0.5) is 0 Å². The van der Waals surface area contributed by atoms with Crippen molar-refractivity contribution in [3.05, 3.63) is 84.4 Å². The van der Waals surface area contributed by atoms with Gasteiger partial charge >= 0.3 is 0 Å². The maximum absolute atomic E-state index is 13.0. The van der Waals surface area contributed by atoms with Crippen LogP contribution in [0.3, 0.4) is 0 Å². The van der Waals surface area contributed by atoms with E-state index in [9.17, 15) is 9.90 Å². The minimum atomic E-state index is -1.76. The molecule has 0 radical (unpaired) electrons. The molecular formula is C19H20N4O2. The van der Waals surface area contributed by atoms with Crippen LogP contribution in [0.2, 0.25) is 0 Å². The fraction of sp³-hybridized carbons (Fsp3) is 0.211. The van der Waals surface area contributed by atoms with Gasteiger partial charge in [0.15, 0.2) is 5.60 Å². The molecule has 0 aliphatic heterocycles. The molecule has 0 spiro atoms. The maximum atomic E-state index is 13.0. The highest BCUT2D eigenvalue weighted by molar-refractivity contribution is 5.90. The lowest BCUT2D eigenvalue weighted by Crippen LogP contribution is -2.49. The molecule has 1 aromatic heterocycles. The van der Waals surface area contributed by atoms with Gasteiger partial charge in [0.1, 0.15) is 12.7 Å². The van der Waals surface area contributed by atoms with Crippen LogP contribution in [-0.4, -0.2) is 31.8 Å². The second-order valence-corrected chi connectivity index (χ2v) is 5.93. The van der Waals surface area contributed by atoms with Gasteiger partial charge in [-0.1, -0.05) is 60.7 Å². The van der Waals surface area contributed by atoms with Gasteiger partial charge in [-0.2, -0.15) is 5.10 Å². The molecule has 1 atom stereocenters. The first-order chi connectivity index (χ1) is 12.1. The highest BCUT2D eigenvalue weighted by atomic mass is 16.3. The van der Waals surface area contributed by atoms with E-state index in [-0.39, 0.29) is 6.04 Å². The topological polar surface area (TPSA) is 80.0 Å². The van der Waals surface area contributed by atoms with Gasteiger partial charge in [-0.15, -0.1) is 0 Å². The third-order valence-corrected chi connectivity index (χ3v) is 4.02. The normalized spacial score (nSPS) is 12.6. The summed E-state index contributed by atoms with van der Waals surface area (Å²) in [5.41, 5.74) is -0.725. The summed E-state index contributed by atoms with van der Waals surface area (Å²) in [6.07, 6.45) is 3.03. The van der Waals surface area contributed by atoms with E-state index >= 15 is 0 Å². The number of hydrogen-bond donors (Lipinski definition) is 2. The molecule has 1 heterocycles. The molecule has 2 N–H and O–H groups in total. The molecule has 3 aromatic rings. The lowest BCUT2D eigenvalue weighted by atomic mass is 9.85. The van der Waals surface area contributed by atoms with Gasteiger partial charge in [0.2, 0.25) is 0 Å². The number of rotatable bonds is 6. The zero-order chi connectivity index (χ0) is 17.7. The zero-order valence-electron chi connectivity index (χ0n) is 13.9. The quantitative estimate of drug-likeness (QED) is 0.718. The predicted octanol–water partition coefficient (Wildman–Crippen LogP) is 1.72. The van der Waals surface area contributed by atoms with E-state index in [1.165, 1.54) is 6.33 Å². The number of benzene rings is 2. The van der Waals surface area contributed by atoms with E-state index in [0.29, 0.717) is 17.7 Å². The van der Waals surface area contributed by atoms with Gasteiger partial charge in [0.05, 0.1) is 6.54 Å². The summed E-state index contributed by atoms with van der Waals surface area (Å²) in [6.45, 7) is 2.32. The Morgan fingerprint density at radius 2 is 1.68 bits per heavy atom. The third-order valence-electron chi connectivity index (χ3n) is 4.02. The number of aromatic nitrogens is 3. The second kappa shape index (κ2) is 7.27. The summed E-state index contributed by atoms with van der Waals surface area (Å²) in [7, 11) is 0. The van der Waals surface area contributed by atoms with Crippen LogP contribution >= 0.6 is 0 Å². The molecule has 0 saturated carbocycles. The zero-order valence-corrected chi connectivity index (χ0v) is 13.9. The number of nitrogens with one attached hydrogen (secondary N) is 1. The Morgan fingerprint density at radius 3 is 2.16 bits per heavy atom. The first kappa shape index (κ1) is 16.9. The van der Waals surface area contributed by atoms with Crippen molar-refractivity contribution in [2.75, 3.05) is 0 Å². The van der Waals surface area contributed by atoms with E-state index < -0.39 is 11.5 Å². The van der Waals surface area contributed by atoms with Crippen LogP contribution in [-0.2, 0) is 16.9 Å². The average molecular weight is 336 g/mol. The molecule has 0 fully saturated rings. The predicted molar refractivity (Wildman–Crippen MR) is 93.5 cm³/mol. The van der Waals surface area contributed by atoms with Crippen molar-refractivity contribution in [1.82, 2.24) is 20.1 Å². The molecule has 1 amide bonds. The van der Waals surface area contributed by atoms with Crippen molar-refractivity contribution in [3.8, 4) is 0 Å². The van der Waals surface area contributed by atoms with E-state index in [1.54, 1.807) is 59.5 Å². The van der Waals surface area contributed by atoms with Crippen LogP contribution in [0.15, 0.2) is 73.3 Å². The van der Waals surface area contributed by atoms with Gasteiger partial charge < -0.3 is 10.4 Å². The summed E-state index contributed by atoms with van der Waals surface area (Å²) in [5.74, 6) is -0.475. The summed E-state index contributed by atoms with van der Waals surface area (Å²) in [4.78, 5) is 16.9. The first-order valence-corrected chi connectivity index (χ1v) is 8.07. The molecule has 0 aliphatic rings.